The highest BCUT2D eigenvalue weighted by Gasteiger charge is 2.25. The van der Waals surface area contributed by atoms with Gasteiger partial charge in [0.05, 0.1) is 0 Å². The van der Waals surface area contributed by atoms with E-state index >= 15 is 0 Å². The van der Waals surface area contributed by atoms with Gasteiger partial charge in [-0.25, -0.2) is 0 Å². The molecule has 1 saturated heterocycles. The number of aryl methyl sites for hydroxylation is 2. The van der Waals surface area contributed by atoms with Crippen LogP contribution in [0.15, 0.2) is 42.5 Å². The average molecular weight is 382 g/mol. The van der Waals surface area contributed by atoms with Crippen LogP contribution in [0.25, 0.3) is 0 Å². The van der Waals surface area contributed by atoms with Crippen molar-refractivity contribution < 1.29 is 19.8 Å². The third-order valence-electron chi connectivity index (χ3n) is 5.06. The molecule has 0 aromatic heterocycles. The highest BCUT2D eigenvalue weighted by atomic mass is 16.3. The van der Waals surface area contributed by atoms with E-state index in [9.17, 15) is 19.8 Å². The zero-order valence-corrected chi connectivity index (χ0v) is 16.0. The van der Waals surface area contributed by atoms with Crippen molar-refractivity contribution in [1.82, 2.24) is 10.2 Å². The van der Waals surface area contributed by atoms with E-state index in [0.29, 0.717) is 38.8 Å². The Morgan fingerprint density at radius 1 is 1.04 bits per heavy atom. The maximum Gasteiger partial charge on any atom is 0.254 e. The lowest BCUT2D eigenvalue weighted by Crippen LogP contribution is -2.46. The molecular weight excluding hydrogens is 356 g/mol. The number of hydrogen-bond acceptors (Lipinski definition) is 4. The highest BCUT2D eigenvalue weighted by Crippen LogP contribution is 2.23. The number of phenols is 2. The predicted molar refractivity (Wildman–Crippen MR) is 106 cm³/mol. The summed E-state index contributed by atoms with van der Waals surface area (Å²) in [5, 5.41) is 22.2. The van der Waals surface area contributed by atoms with Crippen molar-refractivity contribution in [2.45, 2.75) is 38.6 Å². The first-order chi connectivity index (χ1) is 13.4. The van der Waals surface area contributed by atoms with Gasteiger partial charge >= 0.3 is 0 Å². The standard InChI is InChI=1S/C22H26N2O4/c1-15-2-4-16(5-3-15)6-7-21(27)23-18-8-10-24(11-9-18)22(28)17-12-19(25)14-20(26)13-17/h2-5,12-14,18,25-26H,6-11H2,1H3,(H,23,27). The van der Waals surface area contributed by atoms with Gasteiger partial charge in [0.15, 0.2) is 0 Å². The van der Waals surface area contributed by atoms with Crippen LogP contribution in [-0.2, 0) is 11.2 Å². The van der Waals surface area contributed by atoms with Crippen molar-refractivity contribution >= 4 is 11.8 Å². The van der Waals surface area contributed by atoms with Crippen molar-refractivity contribution in [3.63, 3.8) is 0 Å². The van der Waals surface area contributed by atoms with Gasteiger partial charge in [-0.2, -0.15) is 0 Å². The summed E-state index contributed by atoms with van der Waals surface area (Å²) in [6.45, 7) is 3.09. The molecule has 0 spiro atoms. The summed E-state index contributed by atoms with van der Waals surface area (Å²) in [7, 11) is 0. The number of aromatic hydroxyl groups is 2. The van der Waals surface area contributed by atoms with Crippen molar-refractivity contribution in [3.05, 3.63) is 59.2 Å². The number of nitrogens with one attached hydrogen (secondary N) is 1. The van der Waals surface area contributed by atoms with Gasteiger partial charge < -0.3 is 20.4 Å². The molecule has 1 heterocycles. The first-order valence-electron chi connectivity index (χ1n) is 9.58. The van der Waals surface area contributed by atoms with E-state index in [1.54, 1.807) is 4.90 Å². The normalized spacial score (nSPS) is 14.7. The highest BCUT2D eigenvalue weighted by molar-refractivity contribution is 5.95. The fourth-order valence-electron chi connectivity index (χ4n) is 3.44. The molecule has 1 aliphatic rings. The summed E-state index contributed by atoms with van der Waals surface area (Å²) in [5.41, 5.74) is 2.61. The molecule has 28 heavy (non-hydrogen) atoms. The van der Waals surface area contributed by atoms with E-state index in [1.807, 2.05) is 31.2 Å². The second-order valence-electron chi connectivity index (χ2n) is 7.36. The van der Waals surface area contributed by atoms with Gasteiger partial charge in [0.25, 0.3) is 5.91 Å². The fourth-order valence-corrected chi connectivity index (χ4v) is 3.44. The van der Waals surface area contributed by atoms with Crippen LogP contribution in [0.3, 0.4) is 0 Å². The van der Waals surface area contributed by atoms with Crippen molar-refractivity contribution in [1.29, 1.82) is 0 Å². The molecule has 3 rings (SSSR count). The topological polar surface area (TPSA) is 89.9 Å². The van der Waals surface area contributed by atoms with Crippen LogP contribution in [0.2, 0.25) is 0 Å². The summed E-state index contributed by atoms with van der Waals surface area (Å²) >= 11 is 0. The molecule has 1 aliphatic heterocycles. The van der Waals surface area contributed by atoms with E-state index in [1.165, 1.54) is 23.8 Å². The van der Waals surface area contributed by atoms with Crippen molar-refractivity contribution in [3.8, 4) is 11.5 Å². The number of likely N-dealkylation sites (tertiary alicyclic amines) is 1. The van der Waals surface area contributed by atoms with Gasteiger partial charge in [0, 0.05) is 37.2 Å². The van der Waals surface area contributed by atoms with Crippen molar-refractivity contribution in [2.75, 3.05) is 13.1 Å². The maximum absolute atomic E-state index is 12.5. The van der Waals surface area contributed by atoms with E-state index in [4.69, 9.17) is 0 Å². The zero-order chi connectivity index (χ0) is 20.1. The Kier molecular flexibility index (Phi) is 6.19. The quantitative estimate of drug-likeness (QED) is 0.742. The number of rotatable bonds is 5. The molecule has 2 aromatic carbocycles. The van der Waals surface area contributed by atoms with Gasteiger partial charge in [0.1, 0.15) is 11.5 Å². The molecule has 0 radical (unpaired) electrons. The molecule has 0 bridgehead atoms. The number of phenolic OH excluding ortho intramolecular Hbond substituents is 2. The average Bonchev–Trinajstić information content (AvgIpc) is 2.67. The van der Waals surface area contributed by atoms with Gasteiger partial charge in [-0.3, -0.25) is 9.59 Å². The number of amides is 2. The molecule has 0 unspecified atom stereocenters. The van der Waals surface area contributed by atoms with E-state index in [-0.39, 0.29) is 34.9 Å². The molecule has 0 aliphatic carbocycles. The Morgan fingerprint density at radius 3 is 2.25 bits per heavy atom. The van der Waals surface area contributed by atoms with Gasteiger partial charge in [-0.15, -0.1) is 0 Å². The molecule has 6 nitrogen and oxygen atoms in total. The minimum Gasteiger partial charge on any atom is -0.508 e. The van der Waals surface area contributed by atoms with E-state index in [2.05, 4.69) is 5.32 Å². The predicted octanol–water partition coefficient (Wildman–Crippen LogP) is 2.76. The Bertz CT molecular complexity index is 820. The van der Waals surface area contributed by atoms with Crippen LogP contribution in [0.5, 0.6) is 11.5 Å². The molecule has 2 amide bonds. The number of piperidine rings is 1. The van der Waals surface area contributed by atoms with Crippen molar-refractivity contribution in [2.24, 2.45) is 0 Å². The number of benzene rings is 2. The molecule has 0 saturated carbocycles. The van der Waals surface area contributed by atoms with Crippen LogP contribution < -0.4 is 5.32 Å². The van der Waals surface area contributed by atoms with Crippen LogP contribution in [-0.4, -0.2) is 46.1 Å². The monoisotopic (exact) mass is 382 g/mol. The van der Waals surface area contributed by atoms with Crippen LogP contribution >= 0.6 is 0 Å². The van der Waals surface area contributed by atoms with E-state index < -0.39 is 0 Å². The van der Waals surface area contributed by atoms with Crippen LogP contribution in [0, 0.1) is 6.92 Å². The number of nitrogens with zero attached hydrogens (tertiary/aromatic N) is 1. The van der Waals surface area contributed by atoms with Gasteiger partial charge in [0.2, 0.25) is 5.91 Å². The van der Waals surface area contributed by atoms with Gasteiger partial charge in [-0.05, 0) is 43.9 Å². The molecule has 1 fully saturated rings. The minimum absolute atomic E-state index is 0.0308. The lowest BCUT2D eigenvalue weighted by molar-refractivity contribution is -0.122. The first kappa shape index (κ1) is 19.7. The second-order valence-corrected chi connectivity index (χ2v) is 7.36. The Hall–Kier alpha value is -3.02. The van der Waals surface area contributed by atoms with Crippen LogP contribution in [0.4, 0.5) is 0 Å². The minimum atomic E-state index is -0.227. The number of carbonyl (C=O) groups excluding carboxylic acids is 2. The molecule has 0 atom stereocenters. The fraction of sp³-hybridized carbons (Fsp3) is 0.364. The number of carbonyl (C=O) groups is 2. The van der Waals surface area contributed by atoms with E-state index in [0.717, 1.165) is 5.56 Å². The Morgan fingerprint density at radius 2 is 1.64 bits per heavy atom. The summed E-state index contributed by atoms with van der Waals surface area (Å²) < 4.78 is 0. The Balaban J connectivity index is 1.45. The molecular formula is C22H26N2O4. The molecule has 148 valence electrons. The molecule has 3 N–H and O–H groups in total. The molecule has 2 aromatic rings. The summed E-state index contributed by atoms with van der Waals surface area (Å²) in [4.78, 5) is 26.4. The van der Waals surface area contributed by atoms with Crippen LogP contribution in [0.1, 0.15) is 40.7 Å². The summed E-state index contributed by atoms with van der Waals surface area (Å²) in [5.74, 6) is -0.475. The smallest absolute Gasteiger partial charge is 0.254 e. The maximum atomic E-state index is 12.5. The summed E-state index contributed by atoms with van der Waals surface area (Å²) in [6, 6.07) is 12.1. The first-order valence-corrected chi connectivity index (χ1v) is 9.58. The Labute approximate surface area is 164 Å². The second kappa shape index (κ2) is 8.78. The third kappa shape index (κ3) is 5.25. The summed E-state index contributed by atoms with van der Waals surface area (Å²) in [6.07, 6.45) is 2.54. The number of hydrogen-bond donors (Lipinski definition) is 3. The lowest BCUT2D eigenvalue weighted by atomic mass is 10.0. The van der Waals surface area contributed by atoms with Gasteiger partial charge in [-0.1, -0.05) is 29.8 Å². The lowest BCUT2D eigenvalue weighted by Gasteiger charge is -2.32. The largest absolute Gasteiger partial charge is 0.508 e. The molecule has 6 heteroatoms. The SMILES string of the molecule is Cc1ccc(CCC(=O)NC2CCN(C(=O)c3cc(O)cc(O)c3)CC2)cc1. The third-order valence-corrected chi connectivity index (χ3v) is 5.06. The zero-order valence-electron chi connectivity index (χ0n) is 16.0.